The molecule has 1 aliphatic heterocycles. The van der Waals surface area contributed by atoms with Crippen molar-refractivity contribution in [2.45, 2.75) is 37.3 Å². The van der Waals surface area contributed by atoms with Crippen LogP contribution in [-0.4, -0.2) is 47.4 Å². The van der Waals surface area contributed by atoms with Gasteiger partial charge in [0.15, 0.2) is 11.6 Å². The first-order chi connectivity index (χ1) is 9.01. The molecule has 0 spiro atoms. The van der Waals surface area contributed by atoms with E-state index in [1.807, 2.05) is 4.90 Å². The molecule has 1 unspecified atom stereocenters. The van der Waals surface area contributed by atoms with Gasteiger partial charge in [0.05, 0.1) is 17.8 Å². The van der Waals surface area contributed by atoms with Gasteiger partial charge in [0.1, 0.15) is 0 Å². The first kappa shape index (κ1) is 12.6. The summed E-state index contributed by atoms with van der Waals surface area (Å²) < 4.78 is 13.6. The maximum atomic E-state index is 13.6. The van der Waals surface area contributed by atoms with E-state index >= 15 is 0 Å². The van der Waals surface area contributed by atoms with Gasteiger partial charge in [0, 0.05) is 20.6 Å². The summed E-state index contributed by atoms with van der Waals surface area (Å²) in [7, 11) is 3.51. The predicted molar refractivity (Wildman–Crippen MR) is 70.9 cm³/mol. The summed E-state index contributed by atoms with van der Waals surface area (Å²) in [4.78, 5) is 12.1. The van der Waals surface area contributed by atoms with Gasteiger partial charge in [-0.2, -0.15) is 4.98 Å². The molecule has 1 saturated heterocycles. The third-order valence-electron chi connectivity index (χ3n) is 4.03. The van der Waals surface area contributed by atoms with Crippen molar-refractivity contribution in [3.63, 3.8) is 0 Å². The van der Waals surface area contributed by atoms with Crippen LogP contribution in [0.1, 0.15) is 25.7 Å². The second-order valence-corrected chi connectivity index (χ2v) is 5.69. The quantitative estimate of drug-likeness (QED) is 0.890. The van der Waals surface area contributed by atoms with Crippen molar-refractivity contribution in [3.8, 4) is 0 Å². The number of hydrogen-bond acceptors (Lipinski definition) is 5. The molecule has 3 rings (SSSR count). The van der Waals surface area contributed by atoms with Crippen LogP contribution in [0, 0.1) is 5.82 Å². The van der Waals surface area contributed by atoms with Crippen LogP contribution in [0.4, 0.5) is 16.2 Å². The van der Waals surface area contributed by atoms with Crippen molar-refractivity contribution in [2.24, 2.45) is 0 Å². The van der Waals surface area contributed by atoms with Crippen LogP contribution in [0.2, 0.25) is 0 Å². The summed E-state index contributed by atoms with van der Waals surface area (Å²) >= 11 is 0. The number of halogens is 1. The molecule has 0 aromatic carbocycles. The van der Waals surface area contributed by atoms with Crippen LogP contribution in [-0.2, 0) is 0 Å². The monoisotopic (exact) mass is 266 g/mol. The molecule has 2 aliphatic rings. The van der Waals surface area contributed by atoms with E-state index in [-0.39, 0.29) is 6.04 Å². The summed E-state index contributed by atoms with van der Waals surface area (Å²) in [5.74, 6) is 0.390. The minimum atomic E-state index is -0.577. The average Bonchev–Trinajstić information content (AvgIpc) is 2.93. The van der Waals surface area contributed by atoms with Crippen molar-refractivity contribution >= 4 is 11.8 Å². The highest BCUT2D eigenvalue weighted by molar-refractivity contribution is 5.45. The van der Waals surface area contributed by atoms with Gasteiger partial charge < -0.3 is 14.9 Å². The molecule has 104 valence electrons. The number of hydrogen-bond donors (Lipinski definition) is 1. The molecule has 1 saturated carbocycles. The van der Waals surface area contributed by atoms with Gasteiger partial charge in [-0.25, -0.2) is 9.37 Å². The van der Waals surface area contributed by atoms with Crippen LogP contribution in [0.15, 0.2) is 6.20 Å². The Balaban J connectivity index is 1.91. The molecule has 2 fully saturated rings. The third-order valence-corrected chi connectivity index (χ3v) is 4.03. The minimum absolute atomic E-state index is 0.0768. The highest BCUT2D eigenvalue weighted by Crippen LogP contribution is 2.45. The second-order valence-electron chi connectivity index (χ2n) is 5.69. The smallest absolute Gasteiger partial charge is 0.227 e. The van der Waals surface area contributed by atoms with E-state index in [1.165, 1.54) is 6.20 Å². The minimum Gasteiger partial charge on any atom is -0.388 e. The molecule has 0 amide bonds. The van der Waals surface area contributed by atoms with Crippen LogP contribution in [0.5, 0.6) is 0 Å². The lowest BCUT2D eigenvalue weighted by Crippen LogP contribution is -2.41. The van der Waals surface area contributed by atoms with Crippen molar-refractivity contribution in [1.82, 2.24) is 9.97 Å². The first-order valence-electron chi connectivity index (χ1n) is 6.70. The van der Waals surface area contributed by atoms with Crippen molar-refractivity contribution in [2.75, 3.05) is 30.4 Å². The van der Waals surface area contributed by atoms with Crippen LogP contribution >= 0.6 is 0 Å². The summed E-state index contributed by atoms with van der Waals surface area (Å²) in [6, 6.07) is 0.0768. The zero-order chi connectivity index (χ0) is 13.6. The zero-order valence-electron chi connectivity index (χ0n) is 11.3. The van der Waals surface area contributed by atoms with E-state index in [2.05, 4.69) is 9.97 Å². The largest absolute Gasteiger partial charge is 0.388 e. The maximum Gasteiger partial charge on any atom is 0.227 e. The molecule has 6 heteroatoms. The lowest BCUT2D eigenvalue weighted by atomic mass is 10.1. The predicted octanol–water partition coefficient (Wildman–Crippen LogP) is 1.18. The van der Waals surface area contributed by atoms with Crippen molar-refractivity contribution in [1.29, 1.82) is 0 Å². The summed E-state index contributed by atoms with van der Waals surface area (Å²) in [5, 5.41) is 10.3. The zero-order valence-corrected chi connectivity index (χ0v) is 11.3. The topological polar surface area (TPSA) is 52.5 Å². The van der Waals surface area contributed by atoms with E-state index in [1.54, 1.807) is 19.0 Å². The highest BCUT2D eigenvalue weighted by Gasteiger charge is 2.52. The molecule has 1 aromatic rings. The SMILES string of the molecule is CN(C)c1nc(N2CCCC2C2(O)CC2)ncc1F. The molecule has 5 nitrogen and oxygen atoms in total. The summed E-state index contributed by atoms with van der Waals surface area (Å²) in [6.07, 6.45) is 4.87. The number of aromatic nitrogens is 2. The summed E-state index contributed by atoms with van der Waals surface area (Å²) in [6.45, 7) is 0.825. The van der Waals surface area contributed by atoms with Crippen LogP contribution < -0.4 is 9.80 Å². The molecule has 1 aromatic heterocycles. The highest BCUT2D eigenvalue weighted by atomic mass is 19.1. The van der Waals surface area contributed by atoms with E-state index in [9.17, 15) is 9.50 Å². The molecular weight excluding hydrogens is 247 g/mol. The molecular formula is C13H19FN4O. The number of anilines is 2. The Morgan fingerprint density at radius 2 is 2.21 bits per heavy atom. The third kappa shape index (κ3) is 2.14. The Hall–Kier alpha value is -1.43. The molecule has 2 heterocycles. The molecule has 0 bridgehead atoms. The Morgan fingerprint density at radius 3 is 2.84 bits per heavy atom. The Bertz CT molecular complexity index is 490. The standard InChI is InChI=1S/C13H19FN4O/c1-17(2)11-9(14)8-15-12(16-11)18-7-3-4-10(18)13(19)5-6-13/h8,10,19H,3-7H2,1-2H3. The van der Waals surface area contributed by atoms with Gasteiger partial charge in [-0.05, 0) is 25.7 Å². The van der Waals surface area contributed by atoms with Gasteiger partial charge in [-0.1, -0.05) is 0 Å². The Labute approximate surface area is 112 Å². The Kier molecular flexibility index (Phi) is 2.85. The van der Waals surface area contributed by atoms with Crippen LogP contribution in [0.25, 0.3) is 0 Å². The van der Waals surface area contributed by atoms with Gasteiger partial charge in [-0.15, -0.1) is 0 Å². The second kappa shape index (κ2) is 4.30. The fraction of sp³-hybridized carbons (Fsp3) is 0.692. The lowest BCUT2D eigenvalue weighted by Gasteiger charge is -2.29. The van der Waals surface area contributed by atoms with Crippen LogP contribution in [0.3, 0.4) is 0 Å². The van der Waals surface area contributed by atoms with Crippen molar-refractivity contribution < 1.29 is 9.50 Å². The van der Waals surface area contributed by atoms with Crippen molar-refractivity contribution in [3.05, 3.63) is 12.0 Å². The number of aliphatic hydroxyl groups is 1. The maximum absolute atomic E-state index is 13.6. The van der Waals surface area contributed by atoms with E-state index in [0.29, 0.717) is 11.8 Å². The fourth-order valence-electron chi connectivity index (χ4n) is 2.83. The molecule has 19 heavy (non-hydrogen) atoms. The number of rotatable bonds is 3. The fourth-order valence-corrected chi connectivity index (χ4v) is 2.83. The van der Waals surface area contributed by atoms with Gasteiger partial charge in [0.25, 0.3) is 0 Å². The Morgan fingerprint density at radius 1 is 1.47 bits per heavy atom. The normalized spacial score (nSPS) is 24.6. The summed E-state index contributed by atoms with van der Waals surface area (Å²) in [5.41, 5.74) is -0.577. The molecule has 0 radical (unpaired) electrons. The van der Waals surface area contributed by atoms with E-state index < -0.39 is 11.4 Å². The van der Waals surface area contributed by atoms with E-state index in [0.717, 1.165) is 32.2 Å². The van der Waals surface area contributed by atoms with E-state index in [4.69, 9.17) is 0 Å². The molecule has 1 aliphatic carbocycles. The van der Waals surface area contributed by atoms with Gasteiger partial charge in [-0.3, -0.25) is 0 Å². The van der Waals surface area contributed by atoms with Gasteiger partial charge in [0.2, 0.25) is 5.95 Å². The first-order valence-corrected chi connectivity index (χ1v) is 6.70. The number of nitrogens with zero attached hydrogens (tertiary/aromatic N) is 4. The molecule has 1 atom stereocenters. The average molecular weight is 266 g/mol. The molecule has 1 N–H and O–H groups in total. The van der Waals surface area contributed by atoms with Gasteiger partial charge >= 0.3 is 0 Å². The lowest BCUT2D eigenvalue weighted by molar-refractivity contribution is 0.120.